The standard InChI is InChI=1S/C16H24N4O/c1-10(2)20-13-5-6-14(20)8-19(7-13)16(21)15-11(3)12(4)17-9-18-15/h9-10,13-14H,5-8H2,1-4H3. The van der Waals surface area contributed by atoms with E-state index in [-0.39, 0.29) is 5.91 Å². The molecule has 5 nitrogen and oxygen atoms in total. The summed E-state index contributed by atoms with van der Waals surface area (Å²) in [5.74, 6) is 0.0679. The smallest absolute Gasteiger partial charge is 0.272 e. The first-order valence-corrected chi connectivity index (χ1v) is 7.84. The molecule has 3 rings (SSSR count). The van der Waals surface area contributed by atoms with Crippen molar-refractivity contribution < 1.29 is 4.79 Å². The van der Waals surface area contributed by atoms with E-state index in [0.717, 1.165) is 24.3 Å². The zero-order chi connectivity index (χ0) is 15.1. The highest BCUT2D eigenvalue weighted by Crippen LogP contribution is 2.32. The number of aromatic nitrogens is 2. The highest BCUT2D eigenvalue weighted by Gasteiger charge is 2.42. The van der Waals surface area contributed by atoms with E-state index in [1.165, 1.54) is 19.2 Å². The van der Waals surface area contributed by atoms with Crippen LogP contribution in [-0.4, -0.2) is 56.9 Å². The molecule has 0 N–H and O–H groups in total. The topological polar surface area (TPSA) is 49.3 Å². The Hall–Kier alpha value is -1.49. The lowest BCUT2D eigenvalue weighted by Gasteiger charge is -2.43. The molecule has 2 aliphatic heterocycles. The number of aryl methyl sites for hydroxylation is 1. The first kappa shape index (κ1) is 14.4. The third-order valence-corrected chi connectivity index (χ3v) is 4.96. The van der Waals surface area contributed by atoms with Crippen molar-refractivity contribution in [2.75, 3.05) is 13.1 Å². The Bertz CT molecular complexity index is 543. The third kappa shape index (κ3) is 2.44. The number of carbonyl (C=O) groups excluding carboxylic acids is 1. The first-order valence-electron chi connectivity index (χ1n) is 7.84. The summed E-state index contributed by atoms with van der Waals surface area (Å²) in [5, 5.41) is 0. The monoisotopic (exact) mass is 288 g/mol. The number of carbonyl (C=O) groups is 1. The molecule has 21 heavy (non-hydrogen) atoms. The molecule has 2 atom stereocenters. The Morgan fingerprint density at radius 2 is 1.81 bits per heavy atom. The molecule has 2 saturated heterocycles. The molecule has 2 unspecified atom stereocenters. The van der Waals surface area contributed by atoms with Crippen LogP contribution in [0, 0.1) is 13.8 Å². The van der Waals surface area contributed by atoms with E-state index in [9.17, 15) is 4.79 Å². The first-order chi connectivity index (χ1) is 9.99. The van der Waals surface area contributed by atoms with E-state index in [4.69, 9.17) is 0 Å². The molecule has 2 bridgehead atoms. The second kappa shape index (κ2) is 5.37. The van der Waals surface area contributed by atoms with Gasteiger partial charge in [-0.25, -0.2) is 9.97 Å². The van der Waals surface area contributed by atoms with Crippen LogP contribution in [0.2, 0.25) is 0 Å². The van der Waals surface area contributed by atoms with E-state index >= 15 is 0 Å². The number of rotatable bonds is 2. The summed E-state index contributed by atoms with van der Waals surface area (Å²) in [6.45, 7) is 10.0. The number of likely N-dealkylation sites (tertiary alicyclic amines) is 1. The van der Waals surface area contributed by atoms with Crippen molar-refractivity contribution in [2.45, 2.75) is 58.7 Å². The molecule has 2 aliphatic rings. The van der Waals surface area contributed by atoms with Gasteiger partial charge in [0.1, 0.15) is 12.0 Å². The molecule has 0 saturated carbocycles. The molecular formula is C16H24N4O. The molecule has 0 radical (unpaired) electrons. The maximum absolute atomic E-state index is 12.8. The van der Waals surface area contributed by atoms with E-state index in [1.807, 2.05) is 18.7 Å². The number of nitrogens with zero attached hydrogens (tertiary/aromatic N) is 4. The summed E-state index contributed by atoms with van der Waals surface area (Å²) in [7, 11) is 0. The van der Waals surface area contributed by atoms with Crippen LogP contribution in [-0.2, 0) is 0 Å². The predicted octanol–water partition coefficient (Wildman–Crippen LogP) is 1.79. The highest BCUT2D eigenvalue weighted by atomic mass is 16.2. The van der Waals surface area contributed by atoms with Crippen molar-refractivity contribution >= 4 is 5.91 Å². The summed E-state index contributed by atoms with van der Waals surface area (Å²) >= 11 is 0. The fourth-order valence-electron chi connectivity index (χ4n) is 3.85. The molecular weight excluding hydrogens is 264 g/mol. The van der Waals surface area contributed by atoms with Crippen LogP contribution in [0.5, 0.6) is 0 Å². The minimum atomic E-state index is 0.0679. The van der Waals surface area contributed by atoms with Crippen molar-refractivity contribution in [1.82, 2.24) is 19.8 Å². The Kier molecular flexibility index (Phi) is 3.69. The van der Waals surface area contributed by atoms with Crippen LogP contribution < -0.4 is 0 Å². The molecule has 3 heterocycles. The molecule has 114 valence electrons. The van der Waals surface area contributed by atoms with Gasteiger partial charge >= 0.3 is 0 Å². The lowest BCUT2D eigenvalue weighted by atomic mass is 10.1. The molecule has 1 aromatic rings. The summed E-state index contributed by atoms with van der Waals surface area (Å²) in [5.41, 5.74) is 2.36. The summed E-state index contributed by atoms with van der Waals surface area (Å²) in [4.78, 5) is 25.7. The number of amides is 1. The van der Waals surface area contributed by atoms with E-state index in [2.05, 4.69) is 28.7 Å². The van der Waals surface area contributed by atoms with Gasteiger partial charge in [-0.3, -0.25) is 9.69 Å². The third-order valence-electron chi connectivity index (χ3n) is 4.96. The molecule has 0 aliphatic carbocycles. The number of fused-ring (bicyclic) bond motifs is 2. The Labute approximate surface area is 126 Å². The predicted molar refractivity (Wildman–Crippen MR) is 81.2 cm³/mol. The van der Waals surface area contributed by atoms with Crippen LogP contribution in [0.4, 0.5) is 0 Å². The van der Waals surface area contributed by atoms with Gasteiger partial charge in [0.25, 0.3) is 5.91 Å². The Balaban J connectivity index is 1.81. The van der Waals surface area contributed by atoms with Gasteiger partial charge in [0.05, 0.1) is 0 Å². The minimum absolute atomic E-state index is 0.0679. The van der Waals surface area contributed by atoms with Crippen molar-refractivity contribution in [2.24, 2.45) is 0 Å². The quantitative estimate of drug-likeness (QED) is 0.832. The second-order valence-corrected chi connectivity index (χ2v) is 6.57. The summed E-state index contributed by atoms with van der Waals surface area (Å²) < 4.78 is 0. The number of hydrogen-bond donors (Lipinski definition) is 0. The van der Waals surface area contributed by atoms with Crippen LogP contribution in [0.1, 0.15) is 48.4 Å². The van der Waals surface area contributed by atoms with Gasteiger partial charge in [-0.15, -0.1) is 0 Å². The van der Waals surface area contributed by atoms with E-state index < -0.39 is 0 Å². The molecule has 0 spiro atoms. The van der Waals surface area contributed by atoms with Gasteiger partial charge in [0.15, 0.2) is 0 Å². The van der Waals surface area contributed by atoms with E-state index in [0.29, 0.717) is 23.8 Å². The zero-order valence-corrected chi connectivity index (χ0v) is 13.3. The maximum atomic E-state index is 12.8. The van der Waals surface area contributed by atoms with Crippen LogP contribution in [0.25, 0.3) is 0 Å². The van der Waals surface area contributed by atoms with Gasteiger partial charge in [-0.2, -0.15) is 0 Å². The normalized spacial score (nSPS) is 25.7. The van der Waals surface area contributed by atoms with Gasteiger partial charge in [0.2, 0.25) is 0 Å². The SMILES string of the molecule is Cc1ncnc(C(=O)N2CC3CCC(C2)N3C(C)C)c1C. The zero-order valence-electron chi connectivity index (χ0n) is 13.3. The Morgan fingerprint density at radius 3 is 2.38 bits per heavy atom. The summed E-state index contributed by atoms with van der Waals surface area (Å²) in [6.07, 6.45) is 3.90. The number of piperazine rings is 1. The molecule has 1 amide bonds. The van der Waals surface area contributed by atoms with Gasteiger partial charge in [0, 0.05) is 42.5 Å². The lowest BCUT2D eigenvalue weighted by Crippen LogP contribution is -2.57. The second-order valence-electron chi connectivity index (χ2n) is 6.57. The molecule has 2 fully saturated rings. The largest absolute Gasteiger partial charge is 0.334 e. The van der Waals surface area contributed by atoms with Gasteiger partial charge in [-0.05, 0) is 40.5 Å². The fraction of sp³-hybridized carbons (Fsp3) is 0.688. The van der Waals surface area contributed by atoms with Crippen molar-refractivity contribution in [3.05, 3.63) is 23.3 Å². The minimum Gasteiger partial charge on any atom is -0.334 e. The van der Waals surface area contributed by atoms with Crippen LogP contribution >= 0.6 is 0 Å². The van der Waals surface area contributed by atoms with Crippen LogP contribution in [0.15, 0.2) is 6.33 Å². The molecule has 1 aromatic heterocycles. The van der Waals surface area contributed by atoms with Gasteiger partial charge < -0.3 is 4.90 Å². The van der Waals surface area contributed by atoms with Crippen LogP contribution in [0.3, 0.4) is 0 Å². The average Bonchev–Trinajstić information content (AvgIpc) is 2.72. The maximum Gasteiger partial charge on any atom is 0.272 e. The molecule has 5 heteroatoms. The van der Waals surface area contributed by atoms with Gasteiger partial charge in [-0.1, -0.05) is 0 Å². The van der Waals surface area contributed by atoms with Crippen molar-refractivity contribution in [3.8, 4) is 0 Å². The average molecular weight is 288 g/mol. The van der Waals surface area contributed by atoms with Crippen molar-refractivity contribution in [3.63, 3.8) is 0 Å². The summed E-state index contributed by atoms with van der Waals surface area (Å²) in [6, 6.07) is 1.58. The van der Waals surface area contributed by atoms with Crippen molar-refractivity contribution in [1.29, 1.82) is 0 Å². The highest BCUT2D eigenvalue weighted by molar-refractivity contribution is 5.94. The fourth-order valence-corrected chi connectivity index (χ4v) is 3.85. The lowest BCUT2D eigenvalue weighted by molar-refractivity contribution is 0.0333. The number of hydrogen-bond acceptors (Lipinski definition) is 4. The Morgan fingerprint density at radius 1 is 1.19 bits per heavy atom. The molecule has 0 aromatic carbocycles. The van der Waals surface area contributed by atoms with E-state index in [1.54, 1.807) is 0 Å².